The van der Waals surface area contributed by atoms with Gasteiger partial charge in [0.2, 0.25) is 0 Å². The molecule has 0 atom stereocenters. The normalized spacial score (nSPS) is 10.2. The van der Waals surface area contributed by atoms with Crippen LogP contribution in [0.2, 0.25) is 5.15 Å². The number of nitrogens with zero attached hydrogens (tertiary/aromatic N) is 2. The summed E-state index contributed by atoms with van der Waals surface area (Å²) in [5.41, 5.74) is -0.235. The molecule has 0 saturated heterocycles. The molecule has 2 nitrogen and oxygen atoms in total. The number of nitriles is 1. The molecular weight excluding hydrogens is 198 g/mol. The molecule has 1 rings (SSSR count). The Bertz CT molecular complexity index is 371. The highest BCUT2D eigenvalue weighted by Crippen LogP contribution is 2.27. The summed E-state index contributed by atoms with van der Waals surface area (Å²) in [4.78, 5) is 3.70. The van der Waals surface area contributed by atoms with Crippen LogP contribution in [-0.4, -0.2) is 4.98 Å². The molecule has 0 aliphatic carbocycles. The topological polar surface area (TPSA) is 36.7 Å². The first-order chi connectivity index (χ1) is 6.06. The van der Waals surface area contributed by atoms with Gasteiger partial charge in [-0.05, 0) is 13.0 Å². The van der Waals surface area contributed by atoms with E-state index in [1.807, 2.05) is 0 Å². The summed E-state index contributed by atoms with van der Waals surface area (Å²) in [5.74, 6) is 0. The van der Waals surface area contributed by atoms with Gasteiger partial charge in [0.1, 0.15) is 11.2 Å². The van der Waals surface area contributed by atoms with Crippen molar-refractivity contribution in [2.75, 3.05) is 0 Å². The first kappa shape index (κ1) is 9.87. The number of aromatic nitrogens is 1. The van der Waals surface area contributed by atoms with Crippen LogP contribution < -0.4 is 0 Å². The number of alkyl halides is 2. The van der Waals surface area contributed by atoms with Gasteiger partial charge in [-0.1, -0.05) is 11.6 Å². The molecule has 0 saturated carbocycles. The maximum Gasteiger partial charge on any atom is 0.265 e. The fourth-order valence-corrected chi connectivity index (χ4v) is 1.23. The van der Waals surface area contributed by atoms with Gasteiger partial charge in [-0.25, -0.2) is 13.8 Å². The SMILES string of the molecule is Cc1cc(C(F)F)c(C#N)c(Cl)n1. The number of hydrogen-bond acceptors (Lipinski definition) is 2. The molecule has 5 heteroatoms. The lowest BCUT2D eigenvalue weighted by atomic mass is 10.1. The predicted molar refractivity (Wildman–Crippen MR) is 43.7 cm³/mol. The number of hydrogen-bond donors (Lipinski definition) is 0. The van der Waals surface area contributed by atoms with Gasteiger partial charge in [0.05, 0.1) is 5.56 Å². The molecule has 0 fully saturated rings. The highest BCUT2D eigenvalue weighted by molar-refractivity contribution is 6.30. The van der Waals surface area contributed by atoms with Gasteiger partial charge in [0.15, 0.2) is 0 Å². The van der Waals surface area contributed by atoms with E-state index in [1.165, 1.54) is 0 Å². The second-order valence-electron chi connectivity index (χ2n) is 2.43. The highest BCUT2D eigenvalue weighted by Gasteiger charge is 2.16. The maximum atomic E-state index is 12.3. The summed E-state index contributed by atoms with van der Waals surface area (Å²) in [6.45, 7) is 1.54. The smallest absolute Gasteiger partial charge is 0.240 e. The minimum Gasteiger partial charge on any atom is -0.240 e. The predicted octanol–water partition coefficient (Wildman–Crippen LogP) is 2.85. The van der Waals surface area contributed by atoms with E-state index in [4.69, 9.17) is 16.9 Å². The Morgan fingerprint density at radius 2 is 2.23 bits per heavy atom. The molecule has 0 bridgehead atoms. The van der Waals surface area contributed by atoms with Crippen LogP contribution in [0.3, 0.4) is 0 Å². The molecule has 1 aromatic heterocycles. The van der Waals surface area contributed by atoms with Crippen LogP contribution in [0, 0.1) is 18.3 Å². The second-order valence-corrected chi connectivity index (χ2v) is 2.79. The van der Waals surface area contributed by atoms with Gasteiger partial charge in [-0.2, -0.15) is 5.26 Å². The van der Waals surface area contributed by atoms with Gasteiger partial charge < -0.3 is 0 Å². The molecule has 1 heterocycles. The van der Waals surface area contributed by atoms with Gasteiger partial charge >= 0.3 is 0 Å². The Morgan fingerprint density at radius 3 is 2.69 bits per heavy atom. The molecule has 0 aliphatic heterocycles. The third-order valence-electron chi connectivity index (χ3n) is 1.48. The second kappa shape index (κ2) is 3.67. The Labute approximate surface area is 78.8 Å². The zero-order chi connectivity index (χ0) is 10.0. The van der Waals surface area contributed by atoms with Crippen LogP contribution in [-0.2, 0) is 0 Å². The highest BCUT2D eigenvalue weighted by atomic mass is 35.5. The zero-order valence-corrected chi connectivity index (χ0v) is 7.44. The number of aryl methyl sites for hydroxylation is 1. The van der Waals surface area contributed by atoms with Crippen molar-refractivity contribution < 1.29 is 8.78 Å². The fraction of sp³-hybridized carbons (Fsp3) is 0.250. The first-order valence-corrected chi connectivity index (χ1v) is 3.79. The van der Waals surface area contributed by atoms with Crippen molar-refractivity contribution in [2.24, 2.45) is 0 Å². The monoisotopic (exact) mass is 202 g/mol. The Morgan fingerprint density at radius 1 is 1.62 bits per heavy atom. The number of halogens is 3. The van der Waals surface area contributed by atoms with Crippen LogP contribution in [0.5, 0.6) is 0 Å². The minimum atomic E-state index is -2.70. The van der Waals surface area contributed by atoms with E-state index >= 15 is 0 Å². The summed E-state index contributed by atoms with van der Waals surface area (Å²) in [6, 6.07) is 2.76. The van der Waals surface area contributed by atoms with Gasteiger partial charge in [0, 0.05) is 11.3 Å². The minimum absolute atomic E-state index is 0.169. The average molecular weight is 203 g/mol. The molecule has 13 heavy (non-hydrogen) atoms. The zero-order valence-electron chi connectivity index (χ0n) is 6.68. The first-order valence-electron chi connectivity index (χ1n) is 3.41. The fourth-order valence-electron chi connectivity index (χ4n) is 0.942. The van der Waals surface area contributed by atoms with Crippen molar-refractivity contribution in [1.29, 1.82) is 5.26 Å². The average Bonchev–Trinajstić information content (AvgIpc) is 2.02. The van der Waals surface area contributed by atoms with Crippen molar-refractivity contribution >= 4 is 11.6 Å². The number of pyridine rings is 1. The molecule has 0 unspecified atom stereocenters. The largest absolute Gasteiger partial charge is 0.265 e. The Balaban J connectivity index is 3.41. The van der Waals surface area contributed by atoms with Crippen molar-refractivity contribution in [3.63, 3.8) is 0 Å². The van der Waals surface area contributed by atoms with E-state index < -0.39 is 6.43 Å². The summed E-state index contributed by atoms with van der Waals surface area (Å²) < 4.78 is 24.7. The van der Waals surface area contributed by atoms with E-state index in [0.717, 1.165) is 6.07 Å². The van der Waals surface area contributed by atoms with Crippen LogP contribution in [0.15, 0.2) is 6.07 Å². The van der Waals surface area contributed by atoms with Crippen molar-refractivity contribution in [2.45, 2.75) is 13.3 Å². The van der Waals surface area contributed by atoms with E-state index in [-0.39, 0.29) is 16.3 Å². The van der Waals surface area contributed by atoms with Crippen molar-refractivity contribution in [3.8, 4) is 6.07 Å². The third-order valence-corrected chi connectivity index (χ3v) is 1.75. The standard InChI is InChI=1S/C8H5ClF2N2/c1-4-2-5(8(10)11)6(3-12)7(9)13-4/h2,8H,1H3. The van der Waals surface area contributed by atoms with Crippen LogP contribution in [0.4, 0.5) is 8.78 Å². The molecule has 0 spiro atoms. The summed E-state index contributed by atoms with van der Waals surface area (Å²) >= 11 is 5.51. The molecular formula is C8H5ClF2N2. The molecule has 1 aromatic rings. The van der Waals surface area contributed by atoms with E-state index in [9.17, 15) is 8.78 Å². The maximum absolute atomic E-state index is 12.3. The summed E-state index contributed by atoms with van der Waals surface area (Å²) in [7, 11) is 0. The van der Waals surface area contributed by atoms with Crippen LogP contribution >= 0.6 is 11.6 Å². The van der Waals surface area contributed by atoms with Crippen LogP contribution in [0.25, 0.3) is 0 Å². The molecule has 0 amide bonds. The number of rotatable bonds is 1. The van der Waals surface area contributed by atoms with E-state index in [1.54, 1.807) is 13.0 Å². The Hall–Kier alpha value is -1.21. The Kier molecular flexibility index (Phi) is 2.79. The molecule has 0 aromatic carbocycles. The van der Waals surface area contributed by atoms with Crippen molar-refractivity contribution in [3.05, 3.63) is 28.0 Å². The van der Waals surface area contributed by atoms with Gasteiger partial charge in [-0.3, -0.25) is 0 Å². The third kappa shape index (κ3) is 1.93. The molecule has 0 aliphatic rings. The summed E-state index contributed by atoms with van der Waals surface area (Å²) in [6.07, 6.45) is -2.70. The lowest BCUT2D eigenvalue weighted by Crippen LogP contribution is -1.96. The quantitative estimate of drug-likeness (QED) is 0.657. The molecule has 0 radical (unpaired) electrons. The summed E-state index contributed by atoms with van der Waals surface area (Å²) in [5, 5.41) is 8.36. The molecule has 68 valence electrons. The van der Waals surface area contributed by atoms with Gasteiger partial charge in [0.25, 0.3) is 6.43 Å². The van der Waals surface area contributed by atoms with Crippen LogP contribution in [0.1, 0.15) is 23.2 Å². The molecule has 0 N–H and O–H groups in total. The van der Waals surface area contributed by atoms with E-state index in [0.29, 0.717) is 5.69 Å². The lowest BCUT2D eigenvalue weighted by molar-refractivity contribution is 0.151. The van der Waals surface area contributed by atoms with E-state index in [2.05, 4.69) is 4.98 Å². The van der Waals surface area contributed by atoms with Gasteiger partial charge in [-0.15, -0.1) is 0 Å². The van der Waals surface area contributed by atoms with Crippen molar-refractivity contribution in [1.82, 2.24) is 4.98 Å². The lowest BCUT2D eigenvalue weighted by Gasteiger charge is -2.04.